The Morgan fingerprint density at radius 3 is 2.71 bits per heavy atom. The number of anilines is 1. The average Bonchev–Trinajstić information content (AvgIpc) is 2.01. The number of hydrogen-bond acceptors (Lipinski definition) is 3. The summed E-state index contributed by atoms with van der Waals surface area (Å²) in [5.41, 5.74) is 0.425. The fraction of sp³-hybridized carbons (Fsp3) is 0.429. The van der Waals surface area contributed by atoms with Crippen molar-refractivity contribution >= 4 is 17.3 Å². The van der Waals surface area contributed by atoms with Crippen LogP contribution in [-0.2, 0) is 0 Å². The van der Waals surface area contributed by atoms with Crippen molar-refractivity contribution in [1.82, 2.24) is 10.2 Å². The molecule has 0 unspecified atom stereocenters. The van der Waals surface area contributed by atoms with Crippen LogP contribution in [0.4, 0.5) is 18.9 Å². The van der Waals surface area contributed by atoms with Gasteiger partial charge in [-0.25, -0.2) is 0 Å². The molecular weight excluding hydrogens is 219 g/mol. The molecule has 0 radical (unpaired) electrons. The lowest BCUT2D eigenvalue weighted by molar-refractivity contribution is -0.131. The Labute approximate surface area is 83.3 Å². The first-order valence-electron chi connectivity index (χ1n) is 3.76. The largest absolute Gasteiger partial charge is 0.390 e. The van der Waals surface area contributed by atoms with Crippen LogP contribution >= 0.6 is 11.6 Å². The van der Waals surface area contributed by atoms with Crippen molar-refractivity contribution in [3.63, 3.8) is 0 Å². The summed E-state index contributed by atoms with van der Waals surface area (Å²) in [4.78, 5) is 0. The second kappa shape index (κ2) is 4.45. The van der Waals surface area contributed by atoms with Gasteiger partial charge >= 0.3 is 6.18 Å². The number of nitrogens with one attached hydrogen (secondary N) is 1. The van der Waals surface area contributed by atoms with Crippen LogP contribution in [-0.4, -0.2) is 22.9 Å². The zero-order valence-corrected chi connectivity index (χ0v) is 7.73. The van der Waals surface area contributed by atoms with Gasteiger partial charge in [-0.3, -0.25) is 0 Å². The molecule has 0 aliphatic rings. The minimum atomic E-state index is -4.16. The van der Waals surface area contributed by atoms with Gasteiger partial charge < -0.3 is 5.32 Å². The van der Waals surface area contributed by atoms with Crippen LogP contribution in [0.2, 0.25) is 5.15 Å². The number of hydrogen-bond donors (Lipinski definition) is 1. The minimum Gasteiger partial charge on any atom is -0.383 e. The van der Waals surface area contributed by atoms with Gasteiger partial charge in [0.25, 0.3) is 0 Å². The lowest BCUT2D eigenvalue weighted by Gasteiger charge is -2.07. The van der Waals surface area contributed by atoms with E-state index >= 15 is 0 Å². The molecule has 0 aliphatic carbocycles. The summed E-state index contributed by atoms with van der Waals surface area (Å²) in [5, 5.41) is 9.60. The van der Waals surface area contributed by atoms with Crippen molar-refractivity contribution in [1.29, 1.82) is 0 Å². The zero-order valence-electron chi connectivity index (χ0n) is 6.98. The molecule has 14 heavy (non-hydrogen) atoms. The lowest BCUT2D eigenvalue weighted by atomic mass is 10.4. The minimum absolute atomic E-state index is 0.141. The zero-order chi connectivity index (χ0) is 10.6. The number of alkyl halides is 3. The van der Waals surface area contributed by atoms with E-state index in [2.05, 4.69) is 15.5 Å². The molecule has 1 N–H and O–H groups in total. The Morgan fingerprint density at radius 2 is 2.14 bits per heavy atom. The van der Waals surface area contributed by atoms with Crippen LogP contribution in [0.3, 0.4) is 0 Å². The van der Waals surface area contributed by atoms with Crippen molar-refractivity contribution in [3.05, 3.63) is 17.4 Å². The Bertz CT molecular complexity index is 302. The number of rotatable bonds is 3. The first-order valence-corrected chi connectivity index (χ1v) is 4.14. The van der Waals surface area contributed by atoms with E-state index in [4.69, 9.17) is 11.6 Å². The van der Waals surface area contributed by atoms with Crippen molar-refractivity contribution in [3.8, 4) is 0 Å². The van der Waals surface area contributed by atoms with Crippen molar-refractivity contribution in [2.45, 2.75) is 12.6 Å². The van der Waals surface area contributed by atoms with Crippen LogP contribution in [0.1, 0.15) is 6.42 Å². The highest BCUT2D eigenvalue weighted by Crippen LogP contribution is 2.19. The number of nitrogens with zero attached hydrogens (tertiary/aromatic N) is 2. The maximum absolute atomic E-state index is 11.7. The van der Waals surface area contributed by atoms with Gasteiger partial charge in [-0.2, -0.15) is 18.3 Å². The van der Waals surface area contributed by atoms with E-state index in [1.807, 2.05) is 0 Å². The van der Waals surface area contributed by atoms with Crippen molar-refractivity contribution < 1.29 is 13.2 Å². The maximum Gasteiger partial charge on any atom is 0.390 e. The van der Waals surface area contributed by atoms with E-state index in [-0.39, 0.29) is 11.7 Å². The Kier molecular flexibility index (Phi) is 3.51. The summed E-state index contributed by atoms with van der Waals surface area (Å²) < 4.78 is 35.2. The lowest BCUT2D eigenvalue weighted by Crippen LogP contribution is -2.14. The van der Waals surface area contributed by atoms with Gasteiger partial charge in [0.15, 0.2) is 5.15 Å². The van der Waals surface area contributed by atoms with Crippen LogP contribution < -0.4 is 5.32 Å². The third-order valence-corrected chi connectivity index (χ3v) is 1.55. The molecule has 7 heteroatoms. The molecule has 0 bridgehead atoms. The van der Waals surface area contributed by atoms with E-state index in [0.717, 1.165) is 0 Å². The van der Waals surface area contributed by atoms with Crippen molar-refractivity contribution in [2.24, 2.45) is 0 Å². The van der Waals surface area contributed by atoms with Gasteiger partial charge in [-0.1, -0.05) is 11.6 Å². The van der Waals surface area contributed by atoms with E-state index in [0.29, 0.717) is 5.69 Å². The summed E-state index contributed by atoms with van der Waals surface area (Å²) in [6, 6.07) is 1.41. The smallest absolute Gasteiger partial charge is 0.383 e. The molecule has 0 saturated carbocycles. The Hall–Kier alpha value is -1.04. The molecule has 1 aromatic rings. The molecule has 78 valence electrons. The maximum atomic E-state index is 11.7. The van der Waals surface area contributed by atoms with E-state index in [1.165, 1.54) is 12.3 Å². The molecule has 1 aromatic heterocycles. The van der Waals surface area contributed by atoms with E-state index in [9.17, 15) is 13.2 Å². The first-order chi connectivity index (χ1) is 6.47. The summed E-state index contributed by atoms with van der Waals surface area (Å²) >= 11 is 5.48. The third-order valence-electron chi connectivity index (χ3n) is 1.36. The molecule has 0 amide bonds. The predicted molar refractivity (Wildman–Crippen MR) is 46.2 cm³/mol. The summed E-state index contributed by atoms with van der Waals surface area (Å²) in [5.74, 6) is 0. The van der Waals surface area contributed by atoms with Gasteiger partial charge in [0.05, 0.1) is 18.3 Å². The highest BCUT2D eigenvalue weighted by atomic mass is 35.5. The van der Waals surface area contributed by atoms with Crippen LogP contribution in [0, 0.1) is 0 Å². The highest BCUT2D eigenvalue weighted by molar-refractivity contribution is 6.29. The molecule has 1 rings (SSSR count). The number of halogens is 4. The van der Waals surface area contributed by atoms with Crippen LogP contribution in [0.25, 0.3) is 0 Å². The first kappa shape index (κ1) is 11.0. The molecule has 0 atom stereocenters. The molecule has 0 fully saturated rings. The number of aromatic nitrogens is 2. The molecule has 0 aromatic carbocycles. The average molecular weight is 226 g/mol. The fourth-order valence-electron chi connectivity index (χ4n) is 0.786. The molecule has 3 nitrogen and oxygen atoms in total. The second-order valence-electron chi connectivity index (χ2n) is 2.56. The summed E-state index contributed by atoms with van der Waals surface area (Å²) in [7, 11) is 0. The van der Waals surface area contributed by atoms with Gasteiger partial charge in [0.1, 0.15) is 0 Å². The van der Waals surface area contributed by atoms with E-state index in [1.54, 1.807) is 0 Å². The summed E-state index contributed by atoms with van der Waals surface area (Å²) in [6.07, 6.45) is -3.74. The Morgan fingerprint density at radius 1 is 1.43 bits per heavy atom. The van der Waals surface area contributed by atoms with Gasteiger partial charge in [0.2, 0.25) is 0 Å². The third kappa shape index (κ3) is 4.27. The van der Waals surface area contributed by atoms with E-state index < -0.39 is 12.6 Å². The standard InChI is InChI=1S/C7H7ClF3N3/c8-6-3-5(4-13-14-6)12-2-1-7(9,10)11/h3-4H,1-2H2,(H,12,14). The van der Waals surface area contributed by atoms with Crippen LogP contribution in [0.5, 0.6) is 0 Å². The molecule has 0 saturated heterocycles. The quantitative estimate of drug-likeness (QED) is 0.859. The van der Waals surface area contributed by atoms with Crippen molar-refractivity contribution in [2.75, 3.05) is 11.9 Å². The van der Waals surface area contributed by atoms with Gasteiger partial charge in [-0.05, 0) is 0 Å². The van der Waals surface area contributed by atoms with Gasteiger partial charge in [0, 0.05) is 12.6 Å². The topological polar surface area (TPSA) is 37.8 Å². The summed E-state index contributed by atoms with van der Waals surface area (Å²) in [6.45, 7) is -0.203. The monoisotopic (exact) mass is 225 g/mol. The molecule has 0 aliphatic heterocycles. The van der Waals surface area contributed by atoms with Gasteiger partial charge in [-0.15, -0.1) is 5.10 Å². The molecule has 1 heterocycles. The highest BCUT2D eigenvalue weighted by Gasteiger charge is 2.26. The molecular formula is C7H7ClF3N3. The Balaban J connectivity index is 2.39. The fourth-order valence-corrected chi connectivity index (χ4v) is 0.947. The second-order valence-corrected chi connectivity index (χ2v) is 2.95. The SMILES string of the molecule is FC(F)(F)CCNc1cnnc(Cl)c1. The normalized spacial score (nSPS) is 11.4. The van der Waals surface area contributed by atoms with Crippen LogP contribution in [0.15, 0.2) is 12.3 Å². The molecule has 0 spiro atoms. The predicted octanol–water partition coefficient (Wildman–Crippen LogP) is 2.49.